The molecule has 2 nitrogen and oxygen atoms in total. The largest absolute Gasteiger partial charge is 0.466 e. The Morgan fingerprint density at radius 3 is 2.57 bits per heavy atom. The Morgan fingerprint density at radius 2 is 2.07 bits per heavy atom. The Kier molecular flexibility index (Phi) is 3.76. The number of hydrogen-bond donors (Lipinski definition) is 1. The molecule has 0 unspecified atom stereocenters. The van der Waals surface area contributed by atoms with Crippen LogP contribution in [0.25, 0.3) is 0 Å². The van der Waals surface area contributed by atoms with Gasteiger partial charge in [0, 0.05) is 5.41 Å². The van der Waals surface area contributed by atoms with Gasteiger partial charge >= 0.3 is 0 Å². The second kappa shape index (κ2) is 4.65. The zero-order chi connectivity index (χ0) is 10.6. The highest BCUT2D eigenvalue weighted by Gasteiger charge is 2.23. The third-order valence-corrected chi connectivity index (χ3v) is 2.58. The predicted octanol–water partition coefficient (Wildman–Crippen LogP) is 2.87. The molecule has 1 N–H and O–H groups in total. The van der Waals surface area contributed by atoms with Gasteiger partial charge in [0.15, 0.2) is 0 Å². The van der Waals surface area contributed by atoms with Gasteiger partial charge in [0.25, 0.3) is 0 Å². The molecule has 0 saturated carbocycles. The van der Waals surface area contributed by atoms with E-state index in [2.05, 4.69) is 32.2 Å². The van der Waals surface area contributed by atoms with Crippen molar-refractivity contribution in [3.8, 4) is 0 Å². The smallest absolute Gasteiger partial charge is 0.109 e. The fourth-order valence-electron chi connectivity index (χ4n) is 1.50. The third-order valence-electron chi connectivity index (χ3n) is 2.58. The summed E-state index contributed by atoms with van der Waals surface area (Å²) in [6.45, 7) is 10.6. The molecule has 0 spiro atoms. The van der Waals surface area contributed by atoms with Crippen LogP contribution in [0.1, 0.15) is 38.7 Å². The van der Waals surface area contributed by atoms with E-state index in [4.69, 9.17) is 4.42 Å². The molecule has 0 atom stereocenters. The van der Waals surface area contributed by atoms with E-state index >= 15 is 0 Å². The zero-order valence-corrected chi connectivity index (χ0v) is 9.68. The molecule has 0 saturated heterocycles. The van der Waals surface area contributed by atoms with E-state index in [1.807, 2.05) is 13.0 Å². The normalized spacial score (nSPS) is 12.0. The van der Waals surface area contributed by atoms with Gasteiger partial charge in [-0.05, 0) is 38.6 Å². The molecule has 0 amide bonds. The Hall–Kier alpha value is -0.760. The highest BCUT2D eigenvalue weighted by atomic mass is 16.3. The van der Waals surface area contributed by atoms with Crippen molar-refractivity contribution in [2.45, 2.75) is 39.5 Å². The summed E-state index contributed by atoms with van der Waals surface area (Å²) in [6, 6.07) is 4.12. The minimum Gasteiger partial charge on any atom is -0.466 e. The van der Waals surface area contributed by atoms with Crippen molar-refractivity contribution >= 4 is 0 Å². The van der Waals surface area contributed by atoms with Crippen LogP contribution >= 0.6 is 0 Å². The van der Waals surface area contributed by atoms with Crippen molar-refractivity contribution in [3.63, 3.8) is 0 Å². The highest BCUT2D eigenvalue weighted by molar-refractivity contribution is 5.14. The lowest BCUT2D eigenvalue weighted by molar-refractivity contribution is 0.350. The summed E-state index contributed by atoms with van der Waals surface area (Å²) in [7, 11) is 0. The van der Waals surface area contributed by atoms with Crippen LogP contribution in [0.3, 0.4) is 0 Å². The van der Waals surface area contributed by atoms with Gasteiger partial charge in [-0.15, -0.1) is 0 Å². The maximum absolute atomic E-state index is 5.65. The van der Waals surface area contributed by atoms with Crippen molar-refractivity contribution in [1.29, 1.82) is 0 Å². The fourth-order valence-corrected chi connectivity index (χ4v) is 1.50. The average Bonchev–Trinajstić information content (AvgIpc) is 2.53. The van der Waals surface area contributed by atoms with Crippen LogP contribution in [0.2, 0.25) is 0 Å². The van der Waals surface area contributed by atoms with E-state index in [9.17, 15) is 0 Å². The van der Waals surface area contributed by atoms with E-state index in [0.717, 1.165) is 31.0 Å². The van der Waals surface area contributed by atoms with E-state index in [1.54, 1.807) is 0 Å². The van der Waals surface area contributed by atoms with Crippen LogP contribution < -0.4 is 5.32 Å². The summed E-state index contributed by atoms with van der Waals surface area (Å²) in [5.41, 5.74) is 0.135. The van der Waals surface area contributed by atoms with Crippen molar-refractivity contribution in [2.75, 3.05) is 13.1 Å². The van der Waals surface area contributed by atoms with Crippen molar-refractivity contribution in [2.24, 2.45) is 0 Å². The average molecular weight is 195 g/mol. The maximum Gasteiger partial charge on any atom is 0.109 e. The summed E-state index contributed by atoms with van der Waals surface area (Å²) in [4.78, 5) is 0. The van der Waals surface area contributed by atoms with Gasteiger partial charge in [0.1, 0.15) is 11.5 Å². The maximum atomic E-state index is 5.65. The highest BCUT2D eigenvalue weighted by Crippen LogP contribution is 2.27. The van der Waals surface area contributed by atoms with Crippen LogP contribution in [0.5, 0.6) is 0 Å². The SMILES string of the molecule is CCNCCC(C)(C)c1ccc(C)o1. The van der Waals surface area contributed by atoms with Crippen LogP contribution in [0.15, 0.2) is 16.5 Å². The number of nitrogens with one attached hydrogen (secondary N) is 1. The lowest BCUT2D eigenvalue weighted by Gasteiger charge is -2.22. The van der Waals surface area contributed by atoms with Crippen LogP contribution in [0.4, 0.5) is 0 Å². The monoisotopic (exact) mass is 195 g/mol. The molecule has 0 fully saturated rings. The first-order chi connectivity index (χ1) is 6.56. The number of hydrogen-bond acceptors (Lipinski definition) is 2. The summed E-state index contributed by atoms with van der Waals surface area (Å²) in [5, 5.41) is 3.34. The minimum absolute atomic E-state index is 0.135. The Morgan fingerprint density at radius 1 is 1.36 bits per heavy atom. The lowest BCUT2D eigenvalue weighted by Crippen LogP contribution is -2.24. The zero-order valence-electron chi connectivity index (χ0n) is 9.68. The first kappa shape index (κ1) is 11.3. The fraction of sp³-hybridized carbons (Fsp3) is 0.667. The molecule has 0 radical (unpaired) electrons. The van der Waals surface area contributed by atoms with E-state index < -0.39 is 0 Å². The topological polar surface area (TPSA) is 25.2 Å². The molecule has 0 aliphatic carbocycles. The number of aryl methyl sites for hydroxylation is 1. The van der Waals surface area contributed by atoms with Gasteiger partial charge in [-0.3, -0.25) is 0 Å². The predicted molar refractivity (Wildman–Crippen MR) is 59.6 cm³/mol. The van der Waals surface area contributed by atoms with Gasteiger partial charge in [-0.2, -0.15) is 0 Å². The lowest BCUT2D eigenvalue weighted by atomic mass is 9.86. The van der Waals surface area contributed by atoms with Gasteiger partial charge in [0.05, 0.1) is 0 Å². The van der Waals surface area contributed by atoms with Gasteiger partial charge in [0.2, 0.25) is 0 Å². The summed E-state index contributed by atoms with van der Waals surface area (Å²) in [5.74, 6) is 2.09. The van der Waals surface area contributed by atoms with Gasteiger partial charge < -0.3 is 9.73 Å². The minimum atomic E-state index is 0.135. The first-order valence-corrected chi connectivity index (χ1v) is 5.34. The first-order valence-electron chi connectivity index (χ1n) is 5.34. The Balaban J connectivity index is 2.56. The van der Waals surface area contributed by atoms with Gasteiger partial charge in [-0.25, -0.2) is 0 Å². The number of rotatable bonds is 5. The van der Waals surface area contributed by atoms with E-state index in [-0.39, 0.29) is 5.41 Å². The third kappa shape index (κ3) is 2.88. The van der Waals surface area contributed by atoms with Crippen molar-refractivity contribution in [3.05, 3.63) is 23.7 Å². The standard InChI is InChI=1S/C12H21NO/c1-5-13-9-8-12(3,4)11-7-6-10(2)14-11/h6-7,13H,5,8-9H2,1-4H3. The molecule has 1 heterocycles. The molecule has 1 rings (SSSR count). The Labute approximate surface area is 86.7 Å². The summed E-state index contributed by atoms with van der Waals surface area (Å²) < 4.78 is 5.65. The van der Waals surface area contributed by atoms with Crippen LogP contribution in [-0.4, -0.2) is 13.1 Å². The quantitative estimate of drug-likeness (QED) is 0.731. The molecular formula is C12H21NO. The van der Waals surface area contributed by atoms with Crippen molar-refractivity contribution in [1.82, 2.24) is 5.32 Å². The molecule has 0 aliphatic heterocycles. The van der Waals surface area contributed by atoms with Gasteiger partial charge in [-0.1, -0.05) is 20.8 Å². The molecule has 1 aromatic rings. The molecule has 14 heavy (non-hydrogen) atoms. The molecule has 0 bridgehead atoms. The molecule has 1 aromatic heterocycles. The molecule has 0 aliphatic rings. The summed E-state index contributed by atoms with van der Waals surface area (Å²) >= 11 is 0. The number of furan rings is 1. The van der Waals surface area contributed by atoms with E-state index in [1.165, 1.54) is 0 Å². The van der Waals surface area contributed by atoms with Crippen molar-refractivity contribution < 1.29 is 4.42 Å². The second-order valence-corrected chi connectivity index (χ2v) is 4.40. The summed E-state index contributed by atoms with van der Waals surface area (Å²) in [6.07, 6.45) is 1.10. The van der Waals surface area contributed by atoms with Crippen LogP contribution in [-0.2, 0) is 5.41 Å². The molecule has 2 heteroatoms. The molecular weight excluding hydrogens is 174 g/mol. The second-order valence-electron chi connectivity index (χ2n) is 4.40. The molecule has 0 aromatic carbocycles. The molecule has 80 valence electrons. The Bertz CT molecular complexity index is 276. The van der Waals surface area contributed by atoms with E-state index in [0.29, 0.717) is 0 Å². The van der Waals surface area contributed by atoms with Crippen LogP contribution in [0, 0.1) is 6.92 Å².